The molecule has 1 unspecified atom stereocenters. The minimum absolute atomic E-state index is 0.00572. The number of ketones is 1. The quantitative estimate of drug-likeness (QED) is 0.442. The van der Waals surface area contributed by atoms with Gasteiger partial charge in [0.2, 0.25) is 10.0 Å². The van der Waals surface area contributed by atoms with Crippen molar-refractivity contribution in [1.29, 1.82) is 0 Å². The number of carbonyl (C=O) groups is 1. The van der Waals surface area contributed by atoms with Crippen LogP contribution in [0.15, 0.2) is 47.4 Å². The second-order valence-electron chi connectivity index (χ2n) is 9.32. The first-order chi connectivity index (χ1) is 17.9. The van der Waals surface area contributed by atoms with Crippen molar-refractivity contribution in [1.82, 2.24) is 14.5 Å². The number of piperidine rings is 1. The molecule has 0 saturated carbocycles. The van der Waals surface area contributed by atoms with Gasteiger partial charge >= 0.3 is 0 Å². The van der Waals surface area contributed by atoms with Crippen molar-refractivity contribution in [2.75, 3.05) is 66.7 Å². The van der Waals surface area contributed by atoms with E-state index in [9.17, 15) is 13.2 Å². The molecule has 10 heteroatoms. The number of nitrogens with one attached hydrogen (secondary N) is 1. The van der Waals surface area contributed by atoms with Gasteiger partial charge < -0.3 is 19.5 Å². The third-order valence-corrected chi connectivity index (χ3v) is 8.91. The fraction of sp³-hybridized carbons (Fsp3) is 0.519. The molecule has 2 aliphatic heterocycles. The number of morpholine rings is 1. The molecule has 4 rings (SSSR count). The van der Waals surface area contributed by atoms with Crippen LogP contribution in [-0.2, 0) is 14.8 Å². The molecule has 37 heavy (non-hydrogen) atoms. The number of ether oxygens (including phenoxy) is 3. The van der Waals surface area contributed by atoms with E-state index >= 15 is 0 Å². The first kappa shape index (κ1) is 27.5. The Kier molecular flexibility index (Phi) is 9.55. The summed E-state index contributed by atoms with van der Waals surface area (Å²) in [6, 6.07) is 12.1. The smallest absolute Gasteiger partial charge is 0.243 e. The van der Waals surface area contributed by atoms with Crippen LogP contribution in [0.4, 0.5) is 0 Å². The van der Waals surface area contributed by atoms with Crippen molar-refractivity contribution in [3.8, 4) is 11.5 Å². The van der Waals surface area contributed by atoms with Crippen LogP contribution < -0.4 is 14.8 Å². The summed E-state index contributed by atoms with van der Waals surface area (Å²) in [4.78, 5) is 15.6. The van der Waals surface area contributed by atoms with E-state index in [1.807, 2.05) is 18.2 Å². The van der Waals surface area contributed by atoms with Crippen molar-refractivity contribution in [2.45, 2.75) is 30.2 Å². The van der Waals surface area contributed by atoms with Crippen LogP contribution >= 0.6 is 0 Å². The second-order valence-corrected chi connectivity index (χ2v) is 11.3. The zero-order chi connectivity index (χ0) is 26.3. The van der Waals surface area contributed by atoms with Gasteiger partial charge in [-0.1, -0.05) is 18.6 Å². The Balaban J connectivity index is 1.47. The average molecular weight is 532 g/mol. The van der Waals surface area contributed by atoms with Crippen molar-refractivity contribution in [2.24, 2.45) is 0 Å². The van der Waals surface area contributed by atoms with Crippen LogP contribution in [-0.4, -0.2) is 90.1 Å². The van der Waals surface area contributed by atoms with E-state index in [4.69, 9.17) is 14.2 Å². The van der Waals surface area contributed by atoms with Gasteiger partial charge in [0, 0.05) is 30.8 Å². The third-order valence-electron chi connectivity index (χ3n) is 7.01. The number of nitrogens with zero attached hydrogens (tertiary/aromatic N) is 2. The van der Waals surface area contributed by atoms with Crippen LogP contribution in [0.3, 0.4) is 0 Å². The molecule has 2 heterocycles. The lowest BCUT2D eigenvalue weighted by atomic mass is 10.00. The fourth-order valence-electron chi connectivity index (χ4n) is 4.96. The van der Waals surface area contributed by atoms with E-state index in [2.05, 4.69) is 10.2 Å². The standard InChI is InChI=1S/C27H37N3O6S/c1-34-22-9-10-27(35-2)24(18-22)25(29-11-4-3-5-12-29)19-28-20-26(31)21-7-6-8-23(17-21)37(32,33)30-13-15-36-16-14-30/h6-10,17-18,25,28H,3-5,11-16,19-20H2,1-2H3. The highest BCUT2D eigenvalue weighted by atomic mass is 32.2. The molecule has 0 radical (unpaired) electrons. The Morgan fingerprint density at radius 1 is 1.00 bits per heavy atom. The topological polar surface area (TPSA) is 97.4 Å². The number of methoxy groups -OCH3 is 2. The summed E-state index contributed by atoms with van der Waals surface area (Å²) in [5, 5.41) is 3.33. The summed E-state index contributed by atoms with van der Waals surface area (Å²) in [6.07, 6.45) is 3.48. The van der Waals surface area contributed by atoms with Gasteiger partial charge in [-0.15, -0.1) is 0 Å². The summed E-state index contributed by atoms with van der Waals surface area (Å²) >= 11 is 0. The maximum Gasteiger partial charge on any atom is 0.243 e. The minimum atomic E-state index is -3.67. The van der Waals surface area contributed by atoms with Crippen molar-refractivity contribution >= 4 is 15.8 Å². The number of likely N-dealkylation sites (tertiary alicyclic amines) is 1. The molecule has 0 amide bonds. The number of carbonyl (C=O) groups excluding carboxylic acids is 1. The summed E-state index contributed by atoms with van der Waals surface area (Å²) in [7, 11) is -0.364. The molecular weight excluding hydrogens is 494 g/mol. The van der Waals surface area contributed by atoms with Gasteiger partial charge in [-0.05, 0) is 56.3 Å². The third kappa shape index (κ3) is 6.69. The molecule has 2 saturated heterocycles. The number of hydrogen-bond donors (Lipinski definition) is 1. The number of sulfonamides is 1. The minimum Gasteiger partial charge on any atom is -0.497 e. The monoisotopic (exact) mass is 531 g/mol. The van der Waals surface area contributed by atoms with Gasteiger partial charge in [-0.3, -0.25) is 9.69 Å². The molecule has 0 spiro atoms. The van der Waals surface area contributed by atoms with E-state index in [0.29, 0.717) is 38.4 Å². The number of hydrogen-bond acceptors (Lipinski definition) is 8. The lowest BCUT2D eigenvalue weighted by Crippen LogP contribution is -2.41. The van der Waals surface area contributed by atoms with Crippen LogP contribution in [0.5, 0.6) is 11.5 Å². The molecule has 0 aliphatic carbocycles. The lowest BCUT2D eigenvalue weighted by Gasteiger charge is -2.35. The van der Waals surface area contributed by atoms with Crippen LogP contribution in [0.25, 0.3) is 0 Å². The zero-order valence-electron chi connectivity index (χ0n) is 21.6. The van der Waals surface area contributed by atoms with Crippen molar-refractivity contribution in [3.05, 3.63) is 53.6 Å². The second kappa shape index (κ2) is 12.8. The van der Waals surface area contributed by atoms with Gasteiger partial charge in [-0.25, -0.2) is 8.42 Å². The highest BCUT2D eigenvalue weighted by molar-refractivity contribution is 7.89. The number of rotatable bonds is 11. The molecule has 2 aliphatic rings. The predicted octanol–water partition coefficient (Wildman–Crippen LogP) is 2.72. The van der Waals surface area contributed by atoms with Crippen LogP contribution in [0.2, 0.25) is 0 Å². The van der Waals surface area contributed by atoms with Crippen molar-refractivity contribution in [3.63, 3.8) is 0 Å². The van der Waals surface area contributed by atoms with Gasteiger partial charge in [0.15, 0.2) is 5.78 Å². The summed E-state index contributed by atoms with van der Waals surface area (Å²) in [5.41, 5.74) is 1.39. The normalized spacial score (nSPS) is 18.3. The lowest BCUT2D eigenvalue weighted by molar-refractivity contribution is 0.0730. The highest BCUT2D eigenvalue weighted by Gasteiger charge is 2.28. The predicted molar refractivity (Wildman–Crippen MR) is 141 cm³/mol. The Labute approximate surface area is 219 Å². The Morgan fingerprint density at radius 2 is 1.76 bits per heavy atom. The average Bonchev–Trinajstić information content (AvgIpc) is 2.96. The van der Waals surface area contributed by atoms with Gasteiger partial charge in [0.05, 0.1) is 44.9 Å². The molecule has 202 valence electrons. The molecule has 2 aromatic carbocycles. The molecule has 2 fully saturated rings. The van der Waals surface area contributed by atoms with Crippen LogP contribution in [0.1, 0.15) is 41.2 Å². The Morgan fingerprint density at radius 3 is 2.46 bits per heavy atom. The van der Waals surface area contributed by atoms with E-state index in [0.717, 1.165) is 43.0 Å². The molecule has 0 bridgehead atoms. The first-order valence-corrected chi connectivity index (χ1v) is 14.3. The summed E-state index contributed by atoms with van der Waals surface area (Å²) < 4.78 is 43.9. The molecule has 2 aromatic rings. The Bertz CT molecular complexity index is 1160. The van der Waals surface area contributed by atoms with Gasteiger partial charge in [0.1, 0.15) is 11.5 Å². The zero-order valence-corrected chi connectivity index (χ0v) is 22.5. The highest BCUT2D eigenvalue weighted by Crippen LogP contribution is 2.34. The molecular formula is C27H37N3O6S. The summed E-state index contributed by atoms with van der Waals surface area (Å²) in [6.45, 7) is 3.96. The van der Waals surface area contributed by atoms with E-state index in [1.54, 1.807) is 26.4 Å². The maximum absolute atomic E-state index is 13.1. The number of Topliss-reactive ketones (excluding diaryl/α,β-unsaturated/α-hetero) is 1. The first-order valence-electron chi connectivity index (χ1n) is 12.8. The fourth-order valence-corrected chi connectivity index (χ4v) is 6.41. The molecule has 0 aromatic heterocycles. The molecule has 1 atom stereocenters. The van der Waals surface area contributed by atoms with Gasteiger partial charge in [0.25, 0.3) is 0 Å². The summed E-state index contributed by atoms with van der Waals surface area (Å²) in [5.74, 6) is 1.38. The Hall–Kier alpha value is -2.50. The van der Waals surface area contributed by atoms with Gasteiger partial charge in [-0.2, -0.15) is 4.31 Å². The van der Waals surface area contributed by atoms with Crippen LogP contribution in [0, 0.1) is 0 Å². The SMILES string of the molecule is COc1ccc(OC)c(C(CNCC(=O)c2cccc(S(=O)(=O)N3CCOCC3)c2)N2CCCCC2)c1. The largest absolute Gasteiger partial charge is 0.497 e. The van der Waals surface area contributed by atoms with Crippen molar-refractivity contribution < 1.29 is 27.4 Å². The maximum atomic E-state index is 13.1. The van der Waals surface area contributed by atoms with E-state index in [1.165, 1.54) is 22.9 Å². The van der Waals surface area contributed by atoms with E-state index < -0.39 is 10.0 Å². The molecule has 9 nitrogen and oxygen atoms in total. The number of benzene rings is 2. The molecule has 1 N–H and O–H groups in total. The van der Waals surface area contributed by atoms with E-state index in [-0.39, 0.29) is 23.3 Å².